The molecule has 0 N–H and O–H groups in total. The van der Waals surface area contributed by atoms with E-state index in [-0.39, 0.29) is 23.6 Å². The molecule has 2 aliphatic rings. The van der Waals surface area contributed by atoms with Crippen LogP contribution in [0.25, 0.3) is 0 Å². The molecule has 0 amide bonds. The number of benzene rings is 1. The summed E-state index contributed by atoms with van der Waals surface area (Å²) >= 11 is 0. The average Bonchev–Trinajstić information content (AvgIpc) is 2.56. The van der Waals surface area contributed by atoms with Gasteiger partial charge >= 0.3 is 7.12 Å². The van der Waals surface area contributed by atoms with Gasteiger partial charge in [0, 0.05) is 5.31 Å². The Balaban J connectivity index is 1.69. The molecule has 3 rings (SSSR count). The molecular formula is C17H25BO2. The summed E-state index contributed by atoms with van der Waals surface area (Å²) in [7, 11) is -0.0764. The maximum Gasteiger partial charge on any atom is 0.464 e. The van der Waals surface area contributed by atoms with Crippen LogP contribution in [0.3, 0.4) is 0 Å². The molecule has 1 aliphatic carbocycles. The van der Waals surface area contributed by atoms with Gasteiger partial charge in [0.2, 0.25) is 0 Å². The third kappa shape index (κ3) is 2.12. The third-order valence-electron chi connectivity index (χ3n) is 5.52. The van der Waals surface area contributed by atoms with Gasteiger partial charge in [-0.25, -0.2) is 0 Å². The minimum Gasteiger partial charge on any atom is -0.403 e. The van der Waals surface area contributed by atoms with Crippen LogP contribution < -0.4 is 0 Å². The van der Waals surface area contributed by atoms with E-state index in [0.717, 1.165) is 12.8 Å². The second-order valence-corrected chi connectivity index (χ2v) is 7.76. The van der Waals surface area contributed by atoms with Gasteiger partial charge in [0.05, 0.1) is 11.2 Å². The Morgan fingerprint density at radius 3 is 1.90 bits per heavy atom. The molecule has 2 fully saturated rings. The monoisotopic (exact) mass is 272 g/mol. The lowest BCUT2D eigenvalue weighted by atomic mass is 9.44. The normalized spacial score (nSPS) is 34.9. The summed E-state index contributed by atoms with van der Waals surface area (Å²) < 4.78 is 12.5. The number of hydrogen-bond donors (Lipinski definition) is 0. The second-order valence-electron chi connectivity index (χ2n) is 7.76. The quantitative estimate of drug-likeness (QED) is 0.742. The minimum atomic E-state index is -0.224. The Labute approximate surface area is 123 Å². The molecular weight excluding hydrogens is 247 g/mol. The fourth-order valence-corrected chi connectivity index (χ4v) is 3.35. The first-order chi connectivity index (χ1) is 9.24. The first kappa shape index (κ1) is 14.2. The van der Waals surface area contributed by atoms with Gasteiger partial charge < -0.3 is 9.31 Å². The zero-order chi connectivity index (χ0) is 14.6. The maximum absolute atomic E-state index is 6.23. The van der Waals surface area contributed by atoms with Crippen molar-refractivity contribution in [1.29, 1.82) is 0 Å². The van der Waals surface area contributed by atoms with Gasteiger partial charge in [-0.15, -0.1) is 0 Å². The molecule has 0 bridgehead atoms. The molecule has 2 nitrogen and oxygen atoms in total. The zero-order valence-electron chi connectivity index (χ0n) is 13.3. The summed E-state index contributed by atoms with van der Waals surface area (Å²) in [5.74, 6) is 0.653. The van der Waals surface area contributed by atoms with Crippen molar-refractivity contribution in [2.24, 2.45) is 0 Å². The summed E-state index contributed by atoms with van der Waals surface area (Å²) in [5, 5.41) is 0.144. The molecule has 20 heavy (non-hydrogen) atoms. The molecule has 1 aromatic carbocycles. The van der Waals surface area contributed by atoms with Crippen LogP contribution in [0, 0.1) is 0 Å². The number of rotatable bonds is 2. The maximum atomic E-state index is 6.23. The van der Waals surface area contributed by atoms with Crippen LogP contribution in [-0.4, -0.2) is 18.3 Å². The highest BCUT2D eigenvalue weighted by Crippen LogP contribution is 2.61. The molecule has 0 radical (unpaired) electrons. The molecule has 0 atom stereocenters. The molecule has 1 heterocycles. The van der Waals surface area contributed by atoms with Gasteiger partial charge in [0.1, 0.15) is 0 Å². The standard InChI is InChI=1S/C17H25BO2/c1-15(2)16(3,4)20-18(19-15)17(5)11-14(12-17)13-9-7-6-8-10-13/h6-10,14H,11-12H2,1-5H3. The van der Waals surface area contributed by atoms with Gasteiger partial charge in [-0.1, -0.05) is 37.3 Å². The molecule has 1 aromatic rings. The predicted octanol–water partition coefficient (Wildman–Crippen LogP) is 4.42. The molecule has 0 aromatic heterocycles. The van der Waals surface area contributed by atoms with Gasteiger partial charge in [-0.3, -0.25) is 0 Å². The van der Waals surface area contributed by atoms with Gasteiger partial charge in [-0.05, 0) is 52.0 Å². The molecule has 0 spiro atoms. The largest absolute Gasteiger partial charge is 0.464 e. The Kier molecular flexibility index (Phi) is 3.08. The van der Waals surface area contributed by atoms with E-state index in [1.807, 2.05) is 0 Å². The van der Waals surface area contributed by atoms with E-state index >= 15 is 0 Å². The third-order valence-corrected chi connectivity index (χ3v) is 5.52. The Morgan fingerprint density at radius 2 is 1.40 bits per heavy atom. The molecule has 1 aliphatic heterocycles. The second kappa shape index (κ2) is 4.35. The molecule has 0 unspecified atom stereocenters. The minimum absolute atomic E-state index is 0.0764. The van der Waals surface area contributed by atoms with Crippen LogP contribution in [0.1, 0.15) is 58.9 Å². The van der Waals surface area contributed by atoms with E-state index in [0.29, 0.717) is 5.92 Å². The average molecular weight is 272 g/mol. The summed E-state index contributed by atoms with van der Waals surface area (Å²) in [6.07, 6.45) is 2.29. The van der Waals surface area contributed by atoms with E-state index in [9.17, 15) is 0 Å². The van der Waals surface area contributed by atoms with Crippen molar-refractivity contribution in [1.82, 2.24) is 0 Å². The van der Waals surface area contributed by atoms with Crippen molar-refractivity contribution in [2.75, 3.05) is 0 Å². The van der Waals surface area contributed by atoms with Crippen LogP contribution >= 0.6 is 0 Å². The topological polar surface area (TPSA) is 18.5 Å². The Bertz CT molecular complexity index is 473. The molecule has 1 saturated carbocycles. The highest BCUT2D eigenvalue weighted by molar-refractivity contribution is 6.50. The first-order valence-electron chi connectivity index (χ1n) is 7.64. The van der Waals surface area contributed by atoms with Gasteiger partial charge in [0.25, 0.3) is 0 Å². The van der Waals surface area contributed by atoms with Gasteiger partial charge in [-0.2, -0.15) is 0 Å². The summed E-state index contributed by atoms with van der Waals surface area (Å²) in [4.78, 5) is 0. The fourth-order valence-electron chi connectivity index (χ4n) is 3.35. The van der Waals surface area contributed by atoms with E-state index in [4.69, 9.17) is 9.31 Å². The highest BCUT2D eigenvalue weighted by Gasteiger charge is 2.61. The summed E-state index contributed by atoms with van der Waals surface area (Å²) in [6, 6.07) is 10.8. The Morgan fingerprint density at radius 1 is 0.900 bits per heavy atom. The van der Waals surface area contributed by atoms with Gasteiger partial charge in [0.15, 0.2) is 0 Å². The van der Waals surface area contributed by atoms with Crippen LogP contribution in [-0.2, 0) is 9.31 Å². The molecule has 108 valence electrons. The van der Waals surface area contributed by atoms with E-state index in [2.05, 4.69) is 65.0 Å². The fraction of sp³-hybridized carbons (Fsp3) is 0.647. The van der Waals surface area contributed by atoms with Crippen molar-refractivity contribution >= 4 is 7.12 Å². The van der Waals surface area contributed by atoms with E-state index < -0.39 is 0 Å². The highest BCUT2D eigenvalue weighted by atomic mass is 16.7. The summed E-state index contributed by atoms with van der Waals surface area (Å²) in [5.41, 5.74) is 0.998. The SMILES string of the molecule is CC1(B2OC(C)(C)C(C)(C)O2)CC(c2ccccc2)C1. The predicted molar refractivity (Wildman–Crippen MR) is 82.9 cm³/mol. The van der Waals surface area contributed by atoms with Crippen LogP contribution in [0.15, 0.2) is 30.3 Å². The van der Waals surface area contributed by atoms with Crippen LogP contribution in [0.4, 0.5) is 0 Å². The lowest BCUT2D eigenvalue weighted by molar-refractivity contribution is 0.00578. The summed E-state index contributed by atoms with van der Waals surface area (Å²) in [6.45, 7) is 10.8. The van der Waals surface area contributed by atoms with Crippen molar-refractivity contribution in [3.05, 3.63) is 35.9 Å². The Hall–Kier alpha value is -0.795. The van der Waals surface area contributed by atoms with Crippen molar-refractivity contribution < 1.29 is 9.31 Å². The molecule has 3 heteroatoms. The van der Waals surface area contributed by atoms with Crippen molar-refractivity contribution in [3.8, 4) is 0 Å². The lowest BCUT2D eigenvalue weighted by Gasteiger charge is -2.46. The first-order valence-corrected chi connectivity index (χ1v) is 7.64. The van der Waals surface area contributed by atoms with Crippen LogP contribution in [0.2, 0.25) is 5.31 Å². The van der Waals surface area contributed by atoms with Crippen molar-refractivity contribution in [2.45, 2.75) is 69.9 Å². The van der Waals surface area contributed by atoms with E-state index in [1.54, 1.807) is 0 Å². The molecule has 1 saturated heterocycles. The van der Waals surface area contributed by atoms with Crippen LogP contribution in [0.5, 0.6) is 0 Å². The smallest absolute Gasteiger partial charge is 0.403 e. The zero-order valence-corrected chi connectivity index (χ0v) is 13.3. The lowest BCUT2D eigenvalue weighted by Crippen LogP contribution is -2.42. The number of hydrogen-bond acceptors (Lipinski definition) is 2. The van der Waals surface area contributed by atoms with E-state index in [1.165, 1.54) is 5.56 Å². The van der Waals surface area contributed by atoms with Crippen molar-refractivity contribution in [3.63, 3.8) is 0 Å².